The van der Waals surface area contributed by atoms with Crippen molar-refractivity contribution in [2.24, 2.45) is 5.41 Å². The number of nitrogens with zero attached hydrogens (tertiary/aromatic N) is 5. The Morgan fingerprint density at radius 1 is 1.32 bits per heavy atom. The van der Waals surface area contributed by atoms with Crippen LogP contribution < -0.4 is 0 Å². The number of likely N-dealkylation sites (tertiary alicyclic amines) is 2. The molecular weight excluding hydrogens is 245 g/mol. The van der Waals surface area contributed by atoms with E-state index >= 15 is 0 Å². The van der Waals surface area contributed by atoms with E-state index in [0.29, 0.717) is 12.0 Å². The largest absolute Gasteiger partial charge is 0.306 e. The maximum absolute atomic E-state index is 12.4. The average molecular weight is 267 g/mol. The van der Waals surface area contributed by atoms with Crippen molar-refractivity contribution in [1.82, 2.24) is 24.6 Å². The van der Waals surface area contributed by atoms with Gasteiger partial charge in [-0.1, -0.05) is 0 Å². The smallest absolute Gasteiger partial charge is 0.141 e. The molecule has 1 aromatic rings. The predicted octanol–water partition coefficient (Wildman–Crippen LogP) is 0.775. The summed E-state index contributed by atoms with van der Waals surface area (Å²) in [6, 6.07) is 0. The number of hydrogen-bond donors (Lipinski definition) is 0. The highest BCUT2D eigenvalue weighted by Crippen LogP contribution is 2.39. The standard InChI is InChI=1S/C13H22FN5/c1-17-5-2-13(9-17)3-6-18(10-13)8-12-15-11-16-19(12)7-4-14/h11H,2-10H2,1H3. The first kappa shape index (κ1) is 13.0. The monoisotopic (exact) mass is 267 g/mol. The topological polar surface area (TPSA) is 37.2 Å². The first-order valence-electron chi connectivity index (χ1n) is 7.04. The molecule has 106 valence electrons. The number of aryl methyl sites for hydroxylation is 1. The lowest BCUT2D eigenvalue weighted by Gasteiger charge is -2.23. The molecule has 0 aliphatic carbocycles. The highest BCUT2D eigenvalue weighted by molar-refractivity contribution is 4.98. The number of aromatic nitrogens is 3. The molecule has 0 amide bonds. The zero-order valence-corrected chi connectivity index (χ0v) is 11.6. The van der Waals surface area contributed by atoms with Gasteiger partial charge in [0.15, 0.2) is 0 Å². The Morgan fingerprint density at radius 2 is 2.16 bits per heavy atom. The number of rotatable bonds is 4. The molecule has 2 aliphatic rings. The minimum absolute atomic E-state index is 0.317. The molecule has 1 spiro atoms. The Kier molecular flexibility index (Phi) is 3.54. The van der Waals surface area contributed by atoms with Gasteiger partial charge < -0.3 is 4.90 Å². The molecule has 3 rings (SSSR count). The van der Waals surface area contributed by atoms with Gasteiger partial charge in [-0.25, -0.2) is 14.1 Å². The first-order valence-corrected chi connectivity index (χ1v) is 7.04. The van der Waals surface area contributed by atoms with Crippen molar-refractivity contribution in [1.29, 1.82) is 0 Å². The number of alkyl halides is 1. The van der Waals surface area contributed by atoms with Gasteiger partial charge in [-0.15, -0.1) is 0 Å². The molecule has 0 N–H and O–H groups in total. The highest BCUT2D eigenvalue weighted by Gasteiger charge is 2.42. The van der Waals surface area contributed by atoms with Gasteiger partial charge in [-0.05, 0) is 38.4 Å². The fourth-order valence-electron chi connectivity index (χ4n) is 3.53. The Bertz CT molecular complexity index is 434. The van der Waals surface area contributed by atoms with Gasteiger partial charge in [0.2, 0.25) is 0 Å². The van der Waals surface area contributed by atoms with E-state index in [-0.39, 0.29) is 6.67 Å². The van der Waals surface area contributed by atoms with E-state index in [1.807, 2.05) is 0 Å². The highest BCUT2D eigenvalue weighted by atomic mass is 19.1. The Labute approximate surface area is 113 Å². The third kappa shape index (κ3) is 2.65. The fourth-order valence-corrected chi connectivity index (χ4v) is 3.53. The van der Waals surface area contributed by atoms with Crippen LogP contribution in [0.4, 0.5) is 4.39 Å². The average Bonchev–Trinajstić information content (AvgIpc) is 3.06. The van der Waals surface area contributed by atoms with Crippen LogP contribution in [0.5, 0.6) is 0 Å². The van der Waals surface area contributed by atoms with E-state index in [1.165, 1.54) is 32.3 Å². The summed E-state index contributed by atoms with van der Waals surface area (Å²) in [7, 11) is 2.20. The van der Waals surface area contributed by atoms with E-state index in [4.69, 9.17) is 0 Å². The van der Waals surface area contributed by atoms with Crippen molar-refractivity contribution >= 4 is 0 Å². The van der Waals surface area contributed by atoms with E-state index in [1.54, 1.807) is 4.68 Å². The summed E-state index contributed by atoms with van der Waals surface area (Å²) in [5.41, 5.74) is 0.486. The van der Waals surface area contributed by atoms with Crippen LogP contribution in [0.3, 0.4) is 0 Å². The van der Waals surface area contributed by atoms with Gasteiger partial charge in [0.05, 0.1) is 13.1 Å². The Balaban J connectivity index is 1.61. The van der Waals surface area contributed by atoms with Crippen molar-refractivity contribution in [2.75, 3.05) is 39.9 Å². The maximum atomic E-state index is 12.4. The first-order chi connectivity index (χ1) is 9.21. The van der Waals surface area contributed by atoms with Gasteiger partial charge in [0.25, 0.3) is 0 Å². The van der Waals surface area contributed by atoms with Gasteiger partial charge in [-0.2, -0.15) is 5.10 Å². The molecule has 5 nitrogen and oxygen atoms in total. The second-order valence-electron chi connectivity index (χ2n) is 6.04. The lowest BCUT2D eigenvalue weighted by molar-refractivity contribution is 0.243. The molecule has 19 heavy (non-hydrogen) atoms. The molecule has 0 saturated carbocycles. The minimum Gasteiger partial charge on any atom is -0.306 e. The molecule has 0 radical (unpaired) electrons. The molecule has 2 aliphatic heterocycles. The van der Waals surface area contributed by atoms with Crippen LogP contribution in [-0.2, 0) is 13.1 Å². The van der Waals surface area contributed by atoms with Crippen LogP contribution >= 0.6 is 0 Å². The van der Waals surface area contributed by atoms with E-state index in [0.717, 1.165) is 25.5 Å². The molecule has 3 heterocycles. The summed E-state index contributed by atoms with van der Waals surface area (Å²) < 4.78 is 14.1. The Hall–Kier alpha value is -1.01. The lowest BCUT2D eigenvalue weighted by atomic mass is 9.86. The zero-order chi connectivity index (χ0) is 13.3. The van der Waals surface area contributed by atoms with Crippen LogP contribution in [0, 0.1) is 5.41 Å². The SMILES string of the molecule is CN1CCC2(CCN(Cc3ncnn3CCF)C2)C1. The van der Waals surface area contributed by atoms with E-state index in [9.17, 15) is 4.39 Å². The van der Waals surface area contributed by atoms with Crippen LogP contribution in [0.15, 0.2) is 6.33 Å². The summed E-state index contributed by atoms with van der Waals surface area (Å²) in [4.78, 5) is 9.13. The fraction of sp³-hybridized carbons (Fsp3) is 0.846. The molecule has 2 saturated heterocycles. The number of hydrogen-bond acceptors (Lipinski definition) is 4. The molecule has 6 heteroatoms. The summed E-state index contributed by atoms with van der Waals surface area (Å²) in [6.45, 7) is 5.41. The third-order valence-electron chi connectivity index (χ3n) is 4.50. The van der Waals surface area contributed by atoms with E-state index in [2.05, 4.69) is 26.9 Å². The second kappa shape index (κ2) is 5.17. The van der Waals surface area contributed by atoms with Crippen LogP contribution in [0.1, 0.15) is 18.7 Å². The molecule has 0 bridgehead atoms. The number of halogens is 1. The molecule has 0 aromatic carbocycles. The van der Waals surface area contributed by atoms with Crippen molar-refractivity contribution in [3.05, 3.63) is 12.2 Å². The van der Waals surface area contributed by atoms with Crippen molar-refractivity contribution in [2.45, 2.75) is 25.9 Å². The van der Waals surface area contributed by atoms with Crippen molar-refractivity contribution < 1.29 is 4.39 Å². The molecule has 1 unspecified atom stereocenters. The molecule has 1 atom stereocenters. The summed E-state index contributed by atoms with van der Waals surface area (Å²) in [5.74, 6) is 0.890. The molecule has 1 aromatic heterocycles. The van der Waals surface area contributed by atoms with Crippen molar-refractivity contribution in [3.8, 4) is 0 Å². The predicted molar refractivity (Wildman–Crippen MR) is 70.4 cm³/mol. The quantitative estimate of drug-likeness (QED) is 0.808. The van der Waals surface area contributed by atoms with Crippen LogP contribution in [0.2, 0.25) is 0 Å². The lowest BCUT2D eigenvalue weighted by Crippen LogP contribution is -2.30. The molecular formula is C13H22FN5. The third-order valence-corrected chi connectivity index (χ3v) is 4.50. The summed E-state index contributed by atoms with van der Waals surface area (Å²) in [5, 5.41) is 4.08. The summed E-state index contributed by atoms with van der Waals surface area (Å²) >= 11 is 0. The van der Waals surface area contributed by atoms with Crippen LogP contribution in [-0.4, -0.2) is 64.5 Å². The van der Waals surface area contributed by atoms with E-state index < -0.39 is 0 Å². The van der Waals surface area contributed by atoms with Gasteiger partial charge in [0, 0.05) is 13.1 Å². The van der Waals surface area contributed by atoms with Crippen LogP contribution in [0.25, 0.3) is 0 Å². The van der Waals surface area contributed by atoms with Gasteiger partial charge >= 0.3 is 0 Å². The minimum atomic E-state index is -0.384. The Morgan fingerprint density at radius 3 is 2.89 bits per heavy atom. The van der Waals surface area contributed by atoms with Crippen molar-refractivity contribution in [3.63, 3.8) is 0 Å². The normalized spacial score (nSPS) is 28.7. The summed E-state index contributed by atoms with van der Waals surface area (Å²) in [6.07, 6.45) is 4.10. The molecule has 2 fully saturated rings. The maximum Gasteiger partial charge on any atom is 0.141 e. The van der Waals surface area contributed by atoms with Gasteiger partial charge in [0.1, 0.15) is 18.8 Å². The van der Waals surface area contributed by atoms with Gasteiger partial charge in [-0.3, -0.25) is 4.90 Å². The second-order valence-corrected chi connectivity index (χ2v) is 6.04. The zero-order valence-electron chi connectivity index (χ0n) is 11.6.